The van der Waals surface area contributed by atoms with Gasteiger partial charge in [0.2, 0.25) is 11.8 Å². The molecule has 4 rings (SSSR count). The number of nitrogens with one attached hydrogen (secondary N) is 2. The number of amidine groups is 1. The van der Waals surface area contributed by atoms with Gasteiger partial charge in [0, 0.05) is 17.5 Å². The molecule has 3 aromatic carbocycles. The van der Waals surface area contributed by atoms with Gasteiger partial charge in [-0.3, -0.25) is 9.59 Å². The summed E-state index contributed by atoms with van der Waals surface area (Å²) in [5.74, 6) is -0.386. The van der Waals surface area contributed by atoms with Gasteiger partial charge < -0.3 is 10.6 Å². The maximum absolute atomic E-state index is 12.5. The van der Waals surface area contributed by atoms with Crippen molar-refractivity contribution in [1.82, 2.24) is 5.32 Å². The molecule has 2 amide bonds. The van der Waals surface area contributed by atoms with Gasteiger partial charge in [0.15, 0.2) is 5.17 Å². The molecule has 3 aromatic rings. The Labute approximate surface area is 160 Å². The number of para-hydroxylation sites is 1. The lowest BCUT2D eigenvalue weighted by atomic mass is 10.1. The number of benzene rings is 3. The minimum Gasteiger partial charge on any atom is -0.325 e. The number of nitrogens with zero attached hydrogens (tertiary/aromatic N) is 1. The van der Waals surface area contributed by atoms with Crippen LogP contribution >= 0.6 is 11.8 Å². The van der Waals surface area contributed by atoms with Crippen LogP contribution in [0.3, 0.4) is 0 Å². The van der Waals surface area contributed by atoms with E-state index >= 15 is 0 Å². The predicted molar refractivity (Wildman–Crippen MR) is 110 cm³/mol. The first-order valence-corrected chi connectivity index (χ1v) is 9.46. The third-order valence-electron chi connectivity index (χ3n) is 4.20. The minimum absolute atomic E-state index is 0.0908. The van der Waals surface area contributed by atoms with E-state index in [0.717, 1.165) is 22.1 Å². The third kappa shape index (κ3) is 4.01. The molecule has 0 aliphatic carbocycles. The molecule has 0 bridgehead atoms. The fourth-order valence-electron chi connectivity index (χ4n) is 2.92. The van der Waals surface area contributed by atoms with E-state index < -0.39 is 5.25 Å². The molecule has 0 saturated carbocycles. The highest BCUT2D eigenvalue weighted by atomic mass is 32.2. The van der Waals surface area contributed by atoms with Crippen LogP contribution in [0.2, 0.25) is 0 Å². The Kier molecular flexibility index (Phi) is 4.89. The van der Waals surface area contributed by atoms with Crippen molar-refractivity contribution >= 4 is 50.9 Å². The summed E-state index contributed by atoms with van der Waals surface area (Å²) in [6, 6.07) is 23.0. The van der Waals surface area contributed by atoms with Crippen LogP contribution in [-0.2, 0) is 9.59 Å². The summed E-state index contributed by atoms with van der Waals surface area (Å²) in [7, 11) is 0. The number of anilines is 1. The molecular weight excluding hydrogens is 358 g/mol. The normalized spacial score (nSPS) is 17.9. The van der Waals surface area contributed by atoms with Gasteiger partial charge in [0.1, 0.15) is 5.25 Å². The second-order valence-corrected chi connectivity index (χ2v) is 7.32. The number of thioether (sulfide) groups is 1. The van der Waals surface area contributed by atoms with Crippen molar-refractivity contribution in [2.45, 2.75) is 11.7 Å². The lowest BCUT2D eigenvalue weighted by Crippen LogP contribution is -2.28. The van der Waals surface area contributed by atoms with Crippen LogP contribution in [0.5, 0.6) is 0 Å². The maximum Gasteiger partial charge on any atom is 0.240 e. The molecule has 0 unspecified atom stereocenters. The number of aliphatic imine (C=N–C) groups is 1. The summed E-state index contributed by atoms with van der Waals surface area (Å²) >= 11 is 1.28. The Morgan fingerprint density at radius 1 is 1.00 bits per heavy atom. The molecule has 1 fully saturated rings. The number of carbonyl (C=O) groups is 2. The second-order valence-electron chi connectivity index (χ2n) is 6.13. The summed E-state index contributed by atoms with van der Waals surface area (Å²) in [5.41, 5.74) is 1.51. The Hall–Kier alpha value is -3.12. The second kappa shape index (κ2) is 7.63. The van der Waals surface area contributed by atoms with Crippen molar-refractivity contribution in [1.29, 1.82) is 0 Å². The summed E-state index contributed by atoms with van der Waals surface area (Å²) in [5, 5.41) is 7.74. The zero-order chi connectivity index (χ0) is 18.6. The fraction of sp³-hybridized carbons (Fsp3) is 0.0952. The van der Waals surface area contributed by atoms with Crippen molar-refractivity contribution in [3.63, 3.8) is 0 Å². The molecule has 2 N–H and O–H groups in total. The van der Waals surface area contributed by atoms with E-state index in [4.69, 9.17) is 0 Å². The van der Waals surface area contributed by atoms with Crippen molar-refractivity contribution in [2.24, 2.45) is 4.99 Å². The lowest BCUT2D eigenvalue weighted by Gasteiger charge is -2.10. The highest BCUT2D eigenvalue weighted by Crippen LogP contribution is 2.27. The molecule has 5 nitrogen and oxygen atoms in total. The maximum atomic E-state index is 12.5. The van der Waals surface area contributed by atoms with Crippen LogP contribution in [0, 0.1) is 0 Å². The van der Waals surface area contributed by atoms with Crippen molar-refractivity contribution in [2.75, 3.05) is 5.32 Å². The molecule has 0 spiro atoms. The van der Waals surface area contributed by atoms with Crippen LogP contribution in [0.25, 0.3) is 10.8 Å². The van der Waals surface area contributed by atoms with E-state index in [1.807, 2.05) is 72.8 Å². The highest BCUT2D eigenvalue weighted by Gasteiger charge is 2.32. The molecule has 27 heavy (non-hydrogen) atoms. The molecule has 1 heterocycles. The van der Waals surface area contributed by atoms with E-state index in [0.29, 0.717) is 5.17 Å². The molecule has 6 heteroatoms. The number of hydrogen-bond donors (Lipinski definition) is 2. The van der Waals surface area contributed by atoms with Gasteiger partial charge in [0.25, 0.3) is 0 Å². The zero-order valence-corrected chi connectivity index (χ0v) is 15.2. The van der Waals surface area contributed by atoms with Crippen molar-refractivity contribution < 1.29 is 9.59 Å². The molecule has 1 aliphatic rings. The number of carbonyl (C=O) groups excluding carboxylic acids is 2. The SMILES string of the molecule is O=C(C[C@@H]1SC(=Nc2ccccc2)NC1=O)Nc1cccc2ccccc12. The van der Waals surface area contributed by atoms with E-state index in [1.54, 1.807) is 0 Å². The average molecular weight is 375 g/mol. The van der Waals surface area contributed by atoms with Gasteiger partial charge >= 0.3 is 0 Å². The van der Waals surface area contributed by atoms with Crippen molar-refractivity contribution in [3.05, 3.63) is 72.8 Å². The monoisotopic (exact) mass is 375 g/mol. The third-order valence-corrected chi connectivity index (χ3v) is 5.28. The summed E-state index contributed by atoms with van der Waals surface area (Å²) < 4.78 is 0. The minimum atomic E-state index is -0.484. The molecule has 0 radical (unpaired) electrons. The standard InChI is InChI=1S/C21H17N3O2S/c25-19(23-17-12-6-8-14-7-4-5-11-16(14)17)13-18-20(26)24-21(27-18)22-15-9-2-1-3-10-15/h1-12,18H,13H2,(H,23,25)(H,22,24,26)/t18-/m0/s1. The Morgan fingerprint density at radius 2 is 1.74 bits per heavy atom. The topological polar surface area (TPSA) is 70.6 Å². The average Bonchev–Trinajstić information content (AvgIpc) is 3.01. The first-order chi connectivity index (χ1) is 13.2. The van der Waals surface area contributed by atoms with Gasteiger partial charge in [-0.25, -0.2) is 4.99 Å². The Bertz CT molecular complexity index is 1030. The van der Waals surface area contributed by atoms with Gasteiger partial charge in [-0.15, -0.1) is 0 Å². The van der Waals surface area contributed by atoms with E-state index in [1.165, 1.54) is 11.8 Å². The van der Waals surface area contributed by atoms with Gasteiger partial charge in [0.05, 0.1) is 5.69 Å². The first-order valence-electron chi connectivity index (χ1n) is 8.58. The number of amides is 2. The predicted octanol–water partition coefficient (Wildman–Crippen LogP) is 4.09. The quantitative estimate of drug-likeness (QED) is 0.722. The number of hydrogen-bond acceptors (Lipinski definition) is 4. The number of fused-ring (bicyclic) bond motifs is 1. The Morgan fingerprint density at radius 3 is 2.59 bits per heavy atom. The lowest BCUT2D eigenvalue weighted by molar-refractivity contribution is -0.122. The molecule has 1 aliphatic heterocycles. The number of rotatable bonds is 4. The highest BCUT2D eigenvalue weighted by molar-refractivity contribution is 8.15. The molecule has 1 saturated heterocycles. The van der Waals surface area contributed by atoms with Crippen molar-refractivity contribution in [3.8, 4) is 0 Å². The molecular formula is C21H17N3O2S. The van der Waals surface area contributed by atoms with E-state index in [9.17, 15) is 9.59 Å². The summed E-state index contributed by atoms with van der Waals surface area (Å²) in [4.78, 5) is 29.1. The van der Waals surface area contributed by atoms with Crippen LogP contribution in [0.15, 0.2) is 77.8 Å². The molecule has 134 valence electrons. The van der Waals surface area contributed by atoms with Crippen LogP contribution in [0.1, 0.15) is 6.42 Å². The van der Waals surface area contributed by atoms with Gasteiger partial charge in [-0.2, -0.15) is 0 Å². The summed E-state index contributed by atoms with van der Waals surface area (Å²) in [6.07, 6.45) is 0.0908. The molecule has 0 aromatic heterocycles. The van der Waals surface area contributed by atoms with Gasteiger partial charge in [-0.05, 0) is 23.6 Å². The van der Waals surface area contributed by atoms with Crippen LogP contribution < -0.4 is 10.6 Å². The Balaban J connectivity index is 1.44. The zero-order valence-electron chi connectivity index (χ0n) is 14.4. The smallest absolute Gasteiger partial charge is 0.240 e. The van der Waals surface area contributed by atoms with Crippen LogP contribution in [0.4, 0.5) is 11.4 Å². The first kappa shape index (κ1) is 17.3. The van der Waals surface area contributed by atoms with Gasteiger partial charge in [-0.1, -0.05) is 66.4 Å². The summed E-state index contributed by atoms with van der Waals surface area (Å²) in [6.45, 7) is 0. The fourth-order valence-corrected chi connectivity index (χ4v) is 3.90. The van der Waals surface area contributed by atoms with E-state index in [-0.39, 0.29) is 18.2 Å². The van der Waals surface area contributed by atoms with E-state index in [2.05, 4.69) is 15.6 Å². The molecule has 1 atom stereocenters. The largest absolute Gasteiger partial charge is 0.325 e. The van der Waals surface area contributed by atoms with Crippen LogP contribution in [-0.4, -0.2) is 22.2 Å².